The zero-order chi connectivity index (χ0) is 21.3. The number of ether oxygens (including phenoxy) is 3. The SMILES string of the molecule is COc1nc(C)cc(OCC(N)Cc2ccccc2)c1C(=O)OCc1ccccc1. The van der Waals surface area contributed by atoms with Crippen molar-refractivity contribution < 1.29 is 19.0 Å². The molecule has 0 saturated carbocycles. The molecule has 0 radical (unpaired) electrons. The second kappa shape index (κ2) is 10.4. The van der Waals surface area contributed by atoms with Crippen molar-refractivity contribution in [1.82, 2.24) is 4.98 Å². The van der Waals surface area contributed by atoms with Crippen molar-refractivity contribution in [2.45, 2.75) is 26.0 Å². The Morgan fingerprint density at radius 1 is 1.03 bits per heavy atom. The van der Waals surface area contributed by atoms with Gasteiger partial charge in [0.1, 0.15) is 19.0 Å². The lowest BCUT2D eigenvalue weighted by Gasteiger charge is -2.17. The number of nitrogens with two attached hydrogens (primary N) is 1. The second-order valence-electron chi connectivity index (χ2n) is 6.97. The molecule has 1 atom stereocenters. The number of nitrogens with zero attached hydrogens (tertiary/aromatic N) is 1. The molecule has 3 aromatic rings. The third kappa shape index (κ3) is 5.81. The molecular formula is C24H26N2O4. The second-order valence-corrected chi connectivity index (χ2v) is 6.97. The number of rotatable bonds is 9. The molecule has 1 heterocycles. The zero-order valence-corrected chi connectivity index (χ0v) is 17.2. The van der Waals surface area contributed by atoms with Crippen molar-refractivity contribution in [3.63, 3.8) is 0 Å². The molecule has 30 heavy (non-hydrogen) atoms. The van der Waals surface area contributed by atoms with Crippen LogP contribution in [0.4, 0.5) is 0 Å². The number of aryl methyl sites for hydroxylation is 1. The van der Waals surface area contributed by atoms with Gasteiger partial charge < -0.3 is 19.9 Å². The van der Waals surface area contributed by atoms with E-state index >= 15 is 0 Å². The van der Waals surface area contributed by atoms with Crippen molar-refractivity contribution in [2.24, 2.45) is 5.73 Å². The molecule has 0 spiro atoms. The maximum Gasteiger partial charge on any atom is 0.347 e. The first kappa shape index (κ1) is 21.3. The Kier molecular flexibility index (Phi) is 7.40. The number of carbonyl (C=O) groups excluding carboxylic acids is 1. The van der Waals surface area contributed by atoms with E-state index in [2.05, 4.69) is 4.98 Å². The van der Waals surface area contributed by atoms with Gasteiger partial charge in [-0.25, -0.2) is 9.78 Å². The number of benzene rings is 2. The third-order valence-electron chi connectivity index (χ3n) is 4.48. The number of methoxy groups -OCH3 is 1. The molecule has 3 rings (SSSR count). The minimum atomic E-state index is -0.560. The first-order valence-electron chi connectivity index (χ1n) is 9.75. The smallest absolute Gasteiger partial charge is 0.347 e. The molecule has 6 heteroatoms. The molecule has 1 aromatic heterocycles. The molecular weight excluding hydrogens is 380 g/mol. The van der Waals surface area contributed by atoms with Gasteiger partial charge in [-0.3, -0.25) is 0 Å². The number of esters is 1. The Morgan fingerprint density at radius 3 is 2.30 bits per heavy atom. The van der Waals surface area contributed by atoms with E-state index in [1.807, 2.05) is 60.7 Å². The summed E-state index contributed by atoms with van der Waals surface area (Å²) in [5.41, 5.74) is 9.07. The summed E-state index contributed by atoms with van der Waals surface area (Å²) in [5.74, 6) is -0.0459. The summed E-state index contributed by atoms with van der Waals surface area (Å²) in [7, 11) is 1.46. The first-order chi connectivity index (χ1) is 14.6. The highest BCUT2D eigenvalue weighted by atomic mass is 16.5. The van der Waals surface area contributed by atoms with Crippen molar-refractivity contribution in [3.05, 3.63) is 89.1 Å². The van der Waals surface area contributed by atoms with Crippen LogP contribution in [0.3, 0.4) is 0 Å². The summed E-state index contributed by atoms with van der Waals surface area (Å²) in [6.45, 7) is 2.18. The molecule has 156 valence electrons. The van der Waals surface area contributed by atoms with Gasteiger partial charge in [0.2, 0.25) is 5.88 Å². The van der Waals surface area contributed by atoms with Crippen molar-refractivity contribution in [3.8, 4) is 11.6 Å². The quantitative estimate of drug-likeness (QED) is 0.546. The molecule has 0 saturated heterocycles. The Hall–Kier alpha value is -3.38. The topological polar surface area (TPSA) is 83.7 Å². The first-order valence-corrected chi connectivity index (χ1v) is 9.75. The van der Waals surface area contributed by atoms with Gasteiger partial charge >= 0.3 is 5.97 Å². The number of hydrogen-bond donors (Lipinski definition) is 1. The highest BCUT2D eigenvalue weighted by molar-refractivity contribution is 5.95. The van der Waals surface area contributed by atoms with E-state index in [1.54, 1.807) is 13.0 Å². The Balaban J connectivity index is 1.72. The number of aromatic nitrogens is 1. The highest BCUT2D eigenvalue weighted by Gasteiger charge is 2.23. The van der Waals surface area contributed by atoms with Crippen LogP contribution in [0, 0.1) is 6.92 Å². The van der Waals surface area contributed by atoms with Crippen molar-refractivity contribution in [2.75, 3.05) is 13.7 Å². The fourth-order valence-electron chi connectivity index (χ4n) is 3.03. The summed E-state index contributed by atoms with van der Waals surface area (Å²) in [5, 5.41) is 0. The summed E-state index contributed by atoms with van der Waals surface area (Å²) >= 11 is 0. The van der Waals surface area contributed by atoms with Crippen LogP contribution in [-0.4, -0.2) is 30.7 Å². The summed E-state index contributed by atoms with van der Waals surface area (Å²) in [6, 6.07) is 20.9. The van der Waals surface area contributed by atoms with E-state index in [4.69, 9.17) is 19.9 Å². The van der Waals surface area contributed by atoms with Crippen LogP contribution < -0.4 is 15.2 Å². The molecule has 0 amide bonds. The normalized spacial score (nSPS) is 11.6. The molecule has 0 fully saturated rings. The third-order valence-corrected chi connectivity index (χ3v) is 4.48. The van der Waals surface area contributed by atoms with Gasteiger partial charge in [0.25, 0.3) is 0 Å². The van der Waals surface area contributed by atoms with Crippen LogP contribution >= 0.6 is 0 Å². The largest absolute Gasteiger partial charge is 0.491 e. The average molecular weight is 406 g/mol. The number of carbonyl (C=O) groups is 1. The van der Waals surface area contributed by atoms with Crippen LogP contribution in [0.1, 0.15) is 27.2 Å². The molecule has 1 unspecified atom stereocenters. The molecule has 6 nitrogen and oxygen atoms in total. The Labute approximate surface area is 176 Å². The minimum Gasteiger partial charge on any atom is -0.491 e. The monoisotopic (exact) mass is 406 g/mol. The highest BCUT2D eigenvalue weighted by Crippen LogP contribution is 2.29. The van der Waals surface area contributed by atoms with Crippen LogP contribution in [0.5, 0.6) is 11.6 Å². The molecule has 0 aliphatic carbocycles. The van der Waals surface area contributed by atoms with E-state index in [0.717, 1.165) is 11.1 Å². The summed E-state index contributed by atoms with van der Waals surface area (Å²) < 4.78 is 16.7. The molecule has 2 aromatic carbocycles. The summed E-state index contributed by atoms with van der Waals surface area (Å²) in [6.07, 6.45) is 0.663. The van der Waals surface area contributed by atoms with Crippen LogP contribution in [0.2, 0.25) is 0 Å². The molecule has 0 bridgehead atoms. The predicted molar refractivity (Wildman–Crippen MR) is 115 cm³/mol. The molecule has 2 N–H and O–H groups in total. The predicted octanol–water partition coefficient (Wildman–Crippen LogP) is 3.70. The van der Waals surface area contributed by atoms with Crippen molar-refractivity contribution in [1.29, 1.82) is 0 Å². The van der Waals surface area contributed by atoms with E-state index in [-0.39, 0.29) is 30.7 Å². The zero-order valence-electron chi connectivity index (χ0n) is 17.2. The summed E-state index contributed by atoms with van der Waals surface area (Å²) in [4.78, 5) is 17.1. The van der Waals surface area contributed by atoms with Gasteiger partial charge in [-0.05, 0) is 24.5 Å². The van der Waals surface area contributed by atoms with Crippen LogP contribution in [0.15, 0.2) is 66.7 Å². The van der Waals surface area contributed by atoms with Crippen molar-refractivity contribution >= 4 is 5.97 Å². The average Bonchev–Trinajstić information content (AvgIpc) is 2.77. The minimum absolute atomic E-state index is 0.143. The fraction of sp³-hybridized carbons (Fsp3) is 0.250. The Bertz CT molecular complexity index is 962. The number of hydrogen-bond acceptors (Lipinski definition) is 6. The maximum absolute atomic E-state index is 12.8. The Morgan fingerprint density at radius 2 is 1.67 bits per heavy atom. The number of pyridine rings is 1. The van der Waals surface area contributed by atoms with Gasteiger partial charge in [0.15, 0.2) is 5.56 Å². The lowest BCUT2D eigenvalue weighted by atomic mass is 10.1. The van der Waals surface area contributed by atoms with Gasteiger partial charge in [-0.2, -0.15) is 0 Å². The van der Waals surface area contributed by atoms with E-state index in [0.29, 0.717) is 17.9 Å². The maximum atomic E-state index is 12.8. The van der Waals surface area contributed by atoms with E-state index in [9.17, 15) is 4.79 Å². The molecule has 0 aliphatic heterocycles. The van der Waals surface area contributed by atoms with Gasteiger partial charge in [-0.15, -0.1) is 0 Å². The van der Waals surface area contributed by atoms with Crippen LogP contribution in [0.25, 0.3) is 0 Å². The molecule has 0 aliphatic rings. The standard InChI is InChI=1S/C24H26N2O4/c1-17-13-21(29-16-20(25)14-18-9-5-3-6-10-18)22(23(26-17)28-2)24(27)30-15-19-11-7-4-8-12-19/h3-13,20H,14-16,25H2,1-2H3. The lowest BCUT2D eigenvalue weighted by molar-refractivity contribution is 0.0462. The fourth-order valence-corrected chi connectivity index (χ4v) is 3.03. The lowest BCUT2D eigenvalue weighted by Crippen LogP contribution is -2.30. The van der Waals surface area contributed by atoms with Crippen LogP contribution in [-0.2, 0) is 17.8 Å². The van der Waals surface area contributed by atoms with E-state index in [1.165, 1.54) is 7.11 Å². The van der Waals surface area contributed by atoms with Gasteiger partial charge in [0, 0.05) is 17.8 Å². The van der Waals surface area contributed by atoms with E-state index < -0.39 is 5.97 Å². The van der Waals surface area contributed by atoms with Gasteiger partial charge in [0.05, 0.1) is 7.11 Å². The van der Waals surface area contributed by atoms with Gasteiger partial charge in [-0.1, -0.05) is 60.7 Å².